The monoisotopic (exact) mass is 393 g/mol. The summed E-state index contributed by atoms with van der Waals surface area (Å²) in [6.45, 7) is 1.45. The third-order valence-electron chi connectivity index (χ3n) is 3.53. The van der Waals surface area contributed by atoms with Crippen molar-refractivity contribution in [1.29, 1.82) is 10.5 Å². The van der Waals surface area contributed by atoms with E-state index in [-0.39, 0.29) is 22.3 Å². The highest BCUT2D eigenvalue weighted by atomic mass is 32.2. The first kappa shape index (κ1) is 19.9. The highest BCUT2D eigenvalue weighted by molar-refractivity contribution is 7.90. The second-order valence-electron chi connectivity index (χ2n) is 5.40. The van der Waals surface area contributed by atoms with Crippen LogP contribution < -0.4 is 4.72 Å². The number of nitrogens with zero attached hydrogens (tertiary/aromatic N) is 2. The fourth-order valence-electron chi connectivity index (χ4n) is 2.28. The molecule has 0 saturated carbocycles. The summed E-state index contributed by atoms with van der Waals surface area (Å²) in [5, 5.41) is 17.5. The lowest BCUT2D eigenvalue weighted by molar-refractivity contribution is -0.139. The van der Waals surface area contributed by atoms with Crippen LogP contribution in [0.25, 0.3) is 0 Å². The van der Waals surface area contributed by atoms with Crippen molar-refractivity contribution in [2.24, 2.45) is 0 Å². The molecule has 0 aliphatic rings. The van der Waals surface area contributed by atoms with Crippen LogP contribution in [0.4, 0.5) is 13.2 Å². The molecule has 138 valence electrons. The van der Waals surface area contributed by atoms with Crippen molar-refractivity contribution in [2.45, 2.75) is 18.0 Å². The molecule has 2 aromatic rings. The summed E-state index contributed by atoms with van der Waals surface area (Å²) in [5.41, 5.74) is -1.54. The van der Waals surface area contributed by atoms with Gasteiger partial charge in [0.05, 0.1) is 33.7 Å². The standard InChI is InChI=1S/C17H10F3N3O3S/c1-10-6-11(8-21)2-4-13(10)16(24)23-27(25,26)15-5-3-12(9-22)7-14(15)17(18,19)20/h2-7H,1H3,(H,23,24). The molecule has 0 saturated heterocycles. The smallest absolute Gasteiger partial charge is 0.268 e. The Bertz CT molecular complexity index is 1110. The summed E-state index contributed by atoms with van der Waals surface area (Å²) >= 11 is 0. The van der Waals surface area contributed by atoms with Gasteiger partial charge in [-0.2, -0.15) is 23.7 Å². The largest absolute Gasteiger partial charge is 0.417 e. The molecule has 0 aromatic heterocycles. The quantitative estimate of drug-likeness (QED) is 0.862. The van der Waals surface area contributed by atoms with Crippen LogP contribution in [0.5, 0.6) is 0 Å². The maximum absolute atomic E-state index is 13.2. The Hall–Kier alpha value is -3.37. The number of alkyl halides is 3. The number of nitrogens with one attached hydrogen (secondary N) is 1. The lowest BCUT2D eigenvalue weighted by atomic mass is 10.1. The van der Waals surface area contributed by atoms with E-state index in [1.54, 1.807) is 4.72 Å². The van der Waals surface area contributed by atoms with Gasteiger partial charge in [0.25, 0.3) is 15.9 Å². The minimum absolute atomic E-state index is 0.111. The van der Waals surface area contributed by atoms with Gasteiger partial charge in [-0.15, -0.1) is 0 Å². The number of benzene rings is 2. The zero-order valence-corrected chi connectivity index (χ0v) is 14.4. The van der Waals surface area contributed by atoms with Gasteiger partial charge in [-0.25, -0.2) is 13.1 Å². The van der Waals surface area contributed by atoms with Crippen molar-refractivity contribution in [3.8, 4) is 12.1 Å². The van der Waals surface area contributed by atoms with Crippen LogP contribution in [-0.4, -0.2) is 14.3 Å². The van der Waals surface area contributed by atoms with Gasteiger partial charge in [-0.3, -0.25) is 4.79 Å². The van der Waals surface area contributed by atoms with Crippen molar-refractivity contribution >= 4 is 15.9 Å². The molecule has 1 amide bonds. The van der Waals surface area contributed by atoms with Crippen LogP contribution in [-0.2, 0) is 16.2 Å². The fraction of sp³-hybridized carbons (Fsp3) is 0.118. The third-order valence-corrected chi connectivity index (χ3v) is 4.92. The minimum Gasteiger partial charge on any atom is -0.268 e. The molecule has 0 unspecified atom stereocenters. The maximum atomic E-state index is 13.2. The van der Waals surface area contributed by atoms with Crippen LogP contribution in [0.3, 0.4) is 0 Å². The number of rotatable bonds is 3. The number of hydrogen-bond donors (Lipinski definition) is 1. The Morgan fingerprint density at radius 2 is 1.59 bits per heavy atom. The van der Waals surface area contributed by atoms with E-state index in [9.17, 15) is 26.4 Å². The predicted octanol–water partition coefficient (Wildman–Crippen LogP) is 2.88. The van der Waals surface area contributed by atoms with Crippen molar-refractivity contribution in [1.82, 2.24) is 4.72 Å². The van der Waals surface area contributed by atoms with Gasteiger partial charge < -0.3 is 0 Å². The fourth-order valence-corrected chi connectivity index (χ4v) is 3.45. The van der Waals surface area contributed by atoms with Crippen LogP contribution in [0, 0.1) is 29.6 Å². The van der Waals surface area contributed by atoms with Crippen molar-refractivity contribution < 1.29 is 26.4 Å². The number of nitriles is 2. The molecule has 0 heterocycles. The van der Waals surface area contributed by atoms with E-state index < -0.39 is 32.6 Å². The number of halogens is 3. The van der Waals surface area contributed by atoms with Crippen LogP contribution >= 0.6 is 0 Å². The van der Waals surface area contributed by atoms with Crippen LogP contribution in [0.1, 0.15) is 32.6 Å². The zero-order chi connectivity index (χ0) is 20.4. The second kappa shape index (κ2) is 7.09. The number of amides is 1. The van der Waals surface area contributed by atoms with Crippen molar-refractivity contribution in [2.75, 3.05) is 0 Å². The van der Waals surface area contributed by atoms with Gasteiger partial charge in [0.15, 0.2) is 0 Å². The molecule has 2 rings (SSSR count). The maximum Gasteiger partial charge on any atom is 0.417 e. The van der Waals surface area contributed by atoms with Crippen molar-refractivity contribution in [3.05, 3.63) is 64.2 Å². The topological polar surface area (TPSA) is 111 Å². The Labute approximate surface area is 152 Å². The molecule has 2 aromatic carbocycles. The van der Waals surface area contributed by atoms with E-state index in [2.05, 4.69) is 0 Å². The van der Waals surface area contributed by atoms with E-state index in [0.29, 0.717) is 12.1 Å². The van der Waals surface area contributed by atoms with Gasteiger partial charge in [-0.1, -0.05) is 0 Å². The lowest BCUT2D eigenvalue weighted by Crippen LogP contribution is -2.32. The Balaban J connectivity index is 2.47. The van der Waals surface area contributed by atoms with E-state index in [1.807, 2.05) is 6.07 Å². The molecular weight excluding hydrogens is 383 g/mol. The minimum atomic E-state index is -5.05. The molecule has 0 fully saturated rings. The zero-order valence-electron chi connectivity index (χ0n) is 13.6. The van der Waals surface area contributed by atoms with Gasteiger partial charge >= 0.3 is 6.18 Å². The number of carbonyl (C=O) groups excluding carboxylic acids is 1. The number of aryl methyl sites for hydroxylation is 1. The highest BCUT2D eigenvalue weighted by Crippen LogP contribution is 2.34. The number of carbonyl (C=O) groups is 1. The van der Waals surface area contributed by atoms with E-state index in [0.717, 1.165) is 6.07 Å². The molecule has 0 aliphatic heterocycles. The lowest BCUT2D eigenvalue weighted by Gasteiger charge is -2.14. The van der Waals surface area contributed by atoms with Gasteiger partial charge in [0.1, 0.15) is 0 Å². The summed E-state index contributed by atoms with van der Waals surface area (Å²) in [7, 11) is -4.87. The van der Waals surface area contributed by atoms with Crippen molar-refractivity contribution in [3.63, 3.8) is 0 Å². The highest BCUT2D eigenvalue weighted by Gasteiger charge is 2.38. The first-order chi connectivity index (χ1) is 12.5. The van der Waals surface area contributed by atoms with Gasteiger partial charge in [0, 0.05) is 5.56 Å². The molecule has 1 N–H and O–H groups in total. The molecule has 0 spiro atoms. The number of hydrogen-bond acceptors (Lipinski definition) is 5. The molecule has 6 nitrogen and oxygen atoms in total. The Kier molecular flexibility index (Phi) is 5.24. The average molecular weight is 393 g/mol. The Morgan fingerprint density at radius 1 is 1.04 bits per heavy atom. The normalized spacial score (nSPS) is 11.3. The Morgan fingerprint density at radius 3 is 2.11 bits per heavy atom. The molecule has 10 heteroatoms. The third kappa shape index (κ3) is 4.25. The molecule has 0 bridgehead atoms. The summed E-state index contributed by atoms with van der Waals surface area (Å²) in [4.78, 5) is 11.1. The van der Waals surface area contributed by atoms with E-state index in [4.69, 9.17) is 10.5 Å². The first-order valence-corrected chi connectivity index (χ1v) is 8.67. The summed E-state index contributed by atoms with van der Waals surface area (Å²) in [5.74, 6) is -1.14. The average Bonchev–Trinajstić information content (AvgIpc) is 2.59. The van der Waals surface area contributed by atoms with E-state index in [1.165, 1.54) is 31.2 Å². The summed E-state index contributed by atoms with van der Waals surface area (Å²) in [6, 6.07) is 9.06. The van der Waals surface area contributed by atoms with Gasteiger partial charge in [-0.05, 0) is 48.9 Å². The molecular formula is C17H10F3N3O3S. The molecule has 0 aliphatic carbocycles. The van der Waals surface area contributed by atoms with Crippen LogP contribution in [0.2, 0.25) is 0 Å². The van der Waals surface area contributed by atoms with Crippen LogP contribution in [0.15, 0.2) is 41.3 Å². The molecule has 0 atom stereocenters. The van der Waals surface area contributed by atoms with Gasteiger partial charge in [0.2, 0.25) is 0 Å². The number of sulfonamides is 1. The second-order valence-corrected chi connectivity index (χ2v) is 7.05. The first-order valence-electron chi connectivity index (χ1n) is 7.19. The summed E-state index contributed by atoms with van der Waals surface area (Å²) in [6.07, 6.45) is -5.05. The summed E-state index contributed by atoms with van der Waals surface area (Å²) < 4.78 is 65.8. The predicted molar refractivity (Wildman–Crippen MR) is 86.7 cm³/mol. The SMILES string of the molecule is Cc1cc(C#N)ccc1C(=O)NS(=O)(=O)c1ccc(C#N)cc1C(F)(F)F. The molecule has 0 radical (unpaired) electrons. The van der Waals surface area contributed by atoms with E-state index >= 15 is 0 Å². The molecule has 27 heavy (non-hydrogen) atoms.